The van der Waals surface area contributed by atoms with Gasteiger partial charge in [-0.2, -0.15) is 5.10 Å². The van der Waals surface area contributed by atoms with Gasteiger partial charge in [0.15, 0.2) is 0 Å². The predicted octanol–water partition coefficient (Wildman–Crippen LogP) is 0.230. The fraction of sp³-hybridized carbons (Fsp3) is 0.500. The molecule has 1 aliphatic heterocycles. The van der Waals surface area contributed by atoms with Crippen LogP contribution in [0.5, 0.6) is 0 Å². The lowest BCUT2D eigenvalue weighted by Gasteiger charge is -2.26. The molecule has 1 amide bonds. The first-order valence-electron chi connectivity index (χ1n) is 8.40. The van der Waals surface area contributed by atoms with Crippen LogP contribution < -0.4 is 5.56 Å². The van der Waals surface area contributed by atoms with Crippen molar-refractivity contribution in [1.29, 1.82) is 0 Å². The van der Waals surface area contributed by atoms with Crippen LogP contribution >= 0.6 is 0 Å². The highest BCUT2D eigenvalue weighted by atomic mass is 16.3. The molecule has 1 unspecified atom stereocenters. The van der Waals surface area contributed by atoms with Gasteiger partial charge in [-0.25, -0.2) is 4.68 Å². The molecule has 2 heterocycles. The number of fused-ring (bicyclic) bond motifs is 1. The van der Waals surface area contributed by atoms with Crippen LogP contribution in [0.1, 0.15) is 12.1 Å². The Hall–Kier alpha value is -2.25. The maximum atomic E-state index is 12.6. The summed E-state index contributed by atoms with van der Waals surface area (Å²) in [4.78, 5) is 28.7. The van der Waals surface area contributed by atoms with Crippen molar-refractivity contribution in [2.24, 2.45) is 0 Å². The standard InChI is InChI=1S/C18H24N4O3/c1-13-14-6-4-5-7-15(14)17(24)22(19-13)10-16(23)21-9-8-18(25,12-21)11-20(2)3/h4-7,25H,8-12H2,1-3H3. The highest BCUT2D eigenvalue weighted by molar-refractivity contribution is 5.83. The van der Waals surface area contributed by atoms with E-state index >= 15 is 0 Å². The molecule has 1 aromatic carbocycles. The number of aromatic nitrogens is 2. The summed E-state index contributed by atoms with van der Waals surface area (Å²) in [5, 5.41) is 16.2. The van der Waals surface area contributed by atoms with Gasteiger partial charge in [-0.1, -0.05) is 18.2 Å². The summed E-state index contributed by atoms with van der Waals surface area (Å²) in [7, 11) is 3.79. The monoisotopic (exact) mass is 344 g/mol. The molecule has 3 rings (SSSR count). The molecule has 2 aromatic rings. The number of carbonyl (C=O) groups is 1. The van der Waals surface area contributed by atoms with Gasteiger partial charge in [-0.05, 0) is 33.5 Å². The molecule has 0 radical (unpaired) electrons. The number of aryl methyl sites for hydroxylation is 1. The van der Waals surface area contributed by atoms with Crippen molar-refractivity contribution in [3.05, 3.63) is 40.3 Å². The SMILES string of the molecule is Cc1nn(CC(=O)N2CCC(O)(CN(C)C)C2)c(=O)c2ccccc12. The lowest BCUT2D eigenvalue weighted by Crippen LogP contribution is -2.44. The second kappa shape index (κ2) is 6.57. The second-order valence-electron chi connectivity index (χ2n) is 7.12. The Balaban J connectivity index is 1.79. The first kappa shape index (κ1) is 17.6. The molecule has 1 fully saturated rings. The molecule has 1 aromatic heterocycles. The van der Waals surface area contributed by atoms with Gasteiger partial charge in [0, 0.05) is 18.5 Å². The van der Waals surface area contributed by atoms with E-state index < -0.39 is 5.60 Å². The van der Waals surface area contributed by atoms with Gasteiger partial charge in [-0.15, -0.1) is 0 Å². The van der Waals surface area contributed by atoms with Crippen LogP contribution in [0.15, 0.2) is 29.1 Å². The van der Waals surface area contributed by atoms with Crippen molar-refractivity contribution < 1.29 is 9.90 Å². The number of aliphatic hydroxyl groups is 1. The van der Waals surface area contributed by atoms with Crippen molar-refractivity contribution in [2.75, 3.05) is 33.7 Å². The Kier molecular flexibility index (Phi) is 4.62. The van der Waals surface area contributed by atoms with Crippen molar-refractivity contribution in [2.45, 2.75) is 25.5 Å². The van der Waals surface area contributed by atoms with Crippen LogP contribution in [0, 0.1) is 6.92 Å². The maximum absolute atomic E-state index is 12.6. The van der Waals surface area contributed by atoms with Gasteiger partial charge in [-0.3, -0.25) is 9.59 Å². The van der Waals surface area contributed by atoms with Crippen LogP contribution in [0.4, 0.5) is 0 Å². The largest absolute Gasteiger partial charge is 0.387 e. The molecule has 7 heteroatoms. The number of carbonyl (C=O) groups excluding carboxylic acids is 1. The third-order valence-electron chi connectivity index (χ3n) is 4.63. The Labute approximate surface area is 146 Å². The molecule has 0 bridgehead atoms. The van der Waals surface area contributed by atoms with Crippen molar-refractivity contribution >= 4 is 16.7 Å². The van der Waals surface area contributed by atoms with Crippen LogP contribution in [0.25, 0.3) is 10.8 Å². The Morgan fingerprint density at radius 1 is 1.32 bits per heavy atom. The van der Waals surface area contributed by atoms with E-state index in [-0.39, 0.29) is 24.6 Å². The van der Waals surface area contributed by atoms with Gasteiger partial charge in [0.25, 0.3) is 5.56 Å². The molecular formula is C18H24N4O3. The molecule has 25 heavy (non-hydrogen) atoms. The number of likely N-dealkylation sites (tertiary alicyclic amines) is 1. The van der Waals surface area contributed by atoms with Crippen molar-refractivity contribution in [3.8, 4) is 0 Å². The van der Waals surface area contributed by atoms with Crippen molar-refractivity contribution in [3.63, 3.8) is 0 Å². The number of hydrogen-bond donors (Lipinski definition) is 1. The average Bonchev–Trinajstić information content (AvgIpc) is 2.93. The minimum atomic E-state index is -0.892. The summed E-state index contributed by atoms with van der Waals surface area (Å²) < 4.78 is 1.23. The van der Waals surface area contributed by atoms with E-state index in [2.05, 4.69) is 5.10 Å². The average molecular weight is 344 g/mol. The summed E-state index contributed by atoms with van der Waals surface area (Å²) in [5.41, 5.74) is -0.442. The van der Waals surface area contributed by atoms with Crippen LogP contribution in [-0.2, 0) is 11.3 Å². The molecule has 1 N–H and O–H groups in total. The van der Waals surface area contributed by atoms with Gasteiger partial charge >= 0.3 is 0 Å². The van der Waals surface area contributed by atoms with Crippen LogP contribution in [0.3, 0.4) is 0 Å². The van der Waals surface area contributed by atoms with Gasteiger partial charge in [0.05, 0.1) is 23.2 Å². The zero-order chi connectivity index (χ0) is 18.2. The van der Waals surface area contributed by atoms with E-state index in [0.717, 1.165) is 5.39 Å². The number of likely N-dealkylation sites (N-methyl/N-ethyl adjacent to an activating group) is 1. The molecule has 0 aliphatic carbocycles. The summed E-state index contributed by atoms with van der Waals surface area (Å²) in [6.07, 6.45) is 0.538. The molecule has 7 nitrogen and oxygen atoms in total. The fourth-order valence-corrected chi connectivity index (χ4v) is 3.53. The normalized spacial score (nSPS) is 20.6. The lowest BCUT2D eigenvalue weighted by atomic mass is 10.0. The number of benzene rings is 1. The first-order valence-corrected chi connectivity index (χ1v) is 8.40. The summed E-state index contributed by atoms with van der Waals surface area (Å²) in [6.45, 7) is 3.00. The molecule has 1 aliphatic rings. The molecule has 1 atom stereocenters. The number of rotatable bonds is 4. The minimum Gasteiger partial charge on any atom is -0.387 e. The number of nitrogens with zero attached hydrogens (tertiary/aromatic N) is 4. The van der Waals surface area contributed by atoms with Gasteiger partial charge < -0.3 is 14.9 Å². The first-order chi connectivity index (χ1) is 11.8. The van der Waals surface area contributed by atoms with E-state index in [1.54, 1.807) is 17.0 Å². The van der Waals surface area contributed by atoms with Gasteiger partial charge in [0.1, 0.15) is 6.54 Å². The number of hydrogen-bond acceptors (Lipinski definition) is 5. The summed E-state index contributed by atoms with van der Waals surface area (Å²) >= 11 is 0. The Morgan fingerprint density at radius 2 is 2.00 bits per heavy atom. The summed E-state index contributed by atoms with van der Waals surface area (Å²) in [5.74, 6) is -0.195. The quantitative estimate of drug-likeness (QED) is 0.859. The summed E-state index contributed by atoms with van der Waals surface area (Å²) in [6, 6.07) is 7.27. The maximum Gasteiger partial charge on any atom is 0.275 e. The van der Waals surface area contributed by atoms with E-state index in [9.17, 15) is 14.7 Å². The van der Waals surface area contributed by atoms with Crippen LogP contribution in [-0.4, -0.2) is 69.9 Å². The molecular weight excluding hydrogens is 320 g/mol. The topological polar surface area (TPSA) is 78.7 Å². The number of amides is 1. The Morgan fingerprint density at radius 3 is 2.68 bits per heavy atom. The minimum absolute atomic E-state index is 0.109. The fourth-order valence-electron chi connectivity index (χ4n) is 3.53. The van der Waals surface area contributed by atoms with E-state index in [1.165, 1.54) is 4.68 Å². The molecule has 1 saturated heterocycles. The highest BCUT2D eigenvalue weighted by Gasteiger charge is 2.38. The second-order valence-corrected chi connectivity index (χ2v) is 7.12. The zero-order valence-corrected chi connectivity index (χ0v) is 14.9. The Bertz CT molecular complexity index is 861. The third-order valence-corrected chi connectivity index (χ3v) is 4.63. The highest BCUT2D eigenvalue weighted by Crippen LogP contribution is 2.22. The molecule has 0 spiro atoms. The van der Waals surface area contributed by atoms with E-state index in [1.807, 2.05) is 38.1 Å². The zero-order valence-electron chi connectivity index (χ0n) is 14.9. The molecule has 0 saturated carbocycles. The predicted molar refractivity (Wildman–Crippen MR) is 95.4 cm³/mol. The van der Waals surface area contributed by atoms with Gasteiger partial charge in [0.2, 0.25) is 5.91 Å². The van der Waals surface area contributed by atoms with E-state index in [4.69, 9.17) is 0 Å². The lowest BCUT2D eigenvalue weighted by molar-refractivity contribution is -0.132. The third kappa shape index (κ3) is 3.57. The van der Waals surface area contributed by atoms with Crippen molar-refractivity contribution in [1.82, 2.24) is 19.6 Å². The van der Waals surface area contributed by atoms with Crippen LogP contribution in [0.2, 0.25) is 0 Å². The number of β-amino-alcohol motifs (C(OH)–C–C–N with tert-alkyl or cyclic N) is 1. The smallest absolute Gasteiger partial charge is 0.275 e. The molecule has 134 valence electrons. The van der Waals surface area contributed by atoms with E-state index in [0.29, 0.717) is 30.6 Å².